The maximum Gasteiger partial charge on any atom is 0.193 e. The van der Waals surface area contributed by atoms with Crippen LogP contribution in [0.15, 0.2) is 16.5 Å². The first-order valence-electron chi connectivity index (χ1n) is 4.35. The van der Waals surface area contributed by atoms with Crippen LogP contribution in [0, 0.1) is 12.8 Å². The van der Waals surface area contributed by atoms with Gasteiger partial charge in [-0.05, 0) is 13.0 Å². The van der Waals surface area contributed by atoms with Crippen molar-refractivity contribution in [3.05, 3.63) is 17.9 Å². The fourth-order valence-corrected chi connectivity index (χ4v) is 1.27. The lowest BCUT2D eigenvalue weighted by atomic mass is 10.0. The molecule has 0 aliphatic carbocycles. The molecule has 0 atom stereocenters. The topological polar surface area (TPSA) is 37.2 Å². The molecule has 3 heteroatoms. The van der Waals surface area contributed by atoms with Crippen molar-refractivity contribution in [2.24, 2.45) is 5.92 Å². The highest BCUT2D eigenvalue weighted by atomic mass is 16.4. The van der Waals surface area contributed by atoms with E-state index in [1.165, 1.54) is 0 Å². The predicted molar refractivity (Wildman–Crippen MR) is 48.3 cm³/mol. The lowest BCUT2D eigenvalue weighted by Crippen LogP contribution is -2.45. The van der Waals surface area contributed by atoms with Gasteiger partial charge in [-0.2, -0.15) is 0 Å². The Balaban J connectivity index is 1.79. The second-order valence-electron chi connectivity index (χ2n) is 3.32. The van der Waals surface area contributed by atoms with Crippen LogP contribution < -0.4 is 10.6 Å². The molecule has 2 heterocycles. The summed E-state index contributed by atoms with van der Waals surface area (Å²) in [6, 6.07) is 3.95. The summed E-state index contributed by atoms with van der Waals surface area (Å²) in [4.78, 5) is 0. The summed E-state index contributed by atoms with van der Waals surface area (Å²) in [6.45, 7) is 5.23. The third-order valence-electron chi connectivity index (χ3n) is 2.17. The summed E-state index contributed by atoms with van der Waals surface area (Å²) in [7, 11) is 0. The third-order valence-corrected chi connectivity index (χ3v) is 2.17. The van der Waals surface area contributed by atoms with Crippen molar-refractivity contribution in [1.82, 2.24) is 5.32 Å². The van der Waals surface area contributed by atoms with Crippen LogP contribution >= 0.6 is 0 Å². The van der Waals surface area contributed by atoms with Gasteiger partial charge in [0.2, 0.25) is 0 Å². The van der Waals surface area contributed by atoms with Gasteiger partial charge in [-0.25, -0.2) is 0 Å². The molecule has 2 rings (SSSR count). The lowest BCUT2D eigenvalue weighted by Gasteiger charge is -2.26. The molecule has 0 radical (unpaired) electrons. The fraction of sp³-hybridized carbons (Fsp3) is 0.556. The monoisotopic (exact) mass is 166 g/mol. The standard InChI is InChI=1S/C9H14N2O/c1-7-2-3-9(12-7)11-6-8-4-10-5-8/h2-3,8,10-11H,4-6H2,1H3. The number of hydrogen-bond acceptors (Lipinski definition) is 3. The summed E-state index contributed by atoms with van der Waals surface area (Å²) in [5, 5.41) is 6.49. The number of nitrogens with one attached hydrogen (secondary N) is 2. The zero-order valence-corrected chi connectivity index (χ0v) is 7.26. The largest absolute Gasteiger partial charge is 0.446 e. The average Bonchev–Trinajstić information content (AvgIpc) is 2.32. The van der Waals surface area contributed by atoms with Gasteiger partial charge in [-0.1, -0.05) is 0 Å². The van der Waals surface area contributed by atoms with Crippen LogP contribution in [0.3, 0.4) is 0 Å². The molecule has 12 heavy (non-hydrogen) atoms. The first-order valence-corrected chi connectivity index (χ1v) is 4.35. The Kier molecular flexibility index (Phi) is 2.04. The summed E-state index contributed by atoms with van der Waals surface area (Å²) in [5.41, 5.74) is 0. The Labute approximate surface area is 72.1 Å². The predicted octanol–water partition coefficient (Wildman–Crippen LogP) is 1.22. The highest BCUT2D eigenvalue weighted by Gasteiger charge is 2.16. The van der Waals surface area contributed by atoms with E-state index in [4.69, 9.17) is 4.42 Å². The van der Waals surface area contributed by atoms with Crippen LogP contribution in [0.5, 0.6) is 0 Å². The maximum atomic E-state index is 5.37. The zero-order valence-electron chi connectivity index (χ0n) is 7.26. The van der Waals surface area contributed by atoms with Crippen LogP contribution in [0.1, 0.15) is 5.76 Å². The minimum absolute atomic E-state index is 0.774. The van der Waals surface area contributed by atoms with E-state index in [-0.39, 0.29) is 0 Å². The van der Waals surface area contributed by atoms with Gasteiger partial charge in [0.05, 0.1) is 0 Å². The number of hydrogen-bond donors (Lipinski definition) is 2. The Morgan fingerprint density at radius 2 is 2.42 bits per heavy atom. The minimum Gasteiger partial charge on any atom is -0.446 e. The summed E-state index contributed by atoms with van der Waals surface area (Å²) in [6.07, 6.45) is 0. The lowest BCUT2D eigenvalue weighted by molar-refractivity contribution is 0.362. The van der Waals surface area contributed by atoms with E-state index in [9.17, 15) is 0 Å². The van der Waals surface area contributed by atoms with Gasteiger partial charge in [-0.3, -0.25) is 0 Å². The SMILES string of the molecule is Cc1ccc(NCC2CNC2)o1. The molecule has 0 unspecified atom stereocenters. The molecule has 1 aromatic heterocycles. The summed E-state index contributed by atoms with van der Waals surface area (Å²) >= 11 is 0. The molecular formula is C9H14N2O. The molecule has 0 aromatic carbocycles. The number of aryl methyl sites for hydroxylation is 1. The molecule has 1 aliphatic rings. The van der Waals surface area contributed by atoms with E-state index in [1.54, 1.807) is 0 Å². The average molecular weight is 166 g/mol. The van der Waals surface area contributed by atoms with Crippen LogP contribution in [0.2, 0.25) is 0 Å². The smallest absolute Gasteiger partial charge is 0.193 e. The van der Waals surface area contributed by atoms with Crippen LogP contribution in [0.25, 0.3) is 0 Å². The van der Waals surface area contributed by atoms with E-state index >= 15 is 0 Å². The number of anilines is 1. The van der Waals surface area contributed by atoms with Gasteiger partial charge in [0, 0.05) is 31.6 Å². The van der Waals surface area contributed by atoms with Crippen molar-refractivity contribution >= 4 is 5.88 Å². The minimum atomic E-state index is 0.774. The van der Waals surface area contributed by atoms with Crippen LogP contribution in [0.4, 0.5) is 5.88 Å². The summed E-state index contributed by atoms with van der Waals surface area (Å²) < 4.78 is 5.37. The van der Waals surface area contributed by atoms with E-state index in [2.05, 4.69) is 10.6 Å². The molecule has 0 bridgehead atoms. The zero-order chi connectivity index (χ0) is 8.39. The molecular weight excluding hydrogens is 152 g/mol. The Morgan fingerprint density at radius 3 is 2.92 bits per heavy atom. The molecule has 3 nitrogen and oxygen atoms in total. The van der Waals surface area contributed by atoms with Crippen LogP contribution in [-0.2, 0) is 0 Å². The third kappa shape index (κ3) is 1.61. The van der Waals surface area contributed by atoms with E-state index in [0.29, 0.717) is 0 Å². The van der Waals surface area contributed by atoms with E-state index in [0.717, 1.165) is 37.2 Å². The molecule has 0 spiro atoms. The Hall–Kier alpha value is -0.960. The fourth-order valence-electron chi connectivity index (χ4n) is 1.27. The second kappa shape index (κ2) is 3.19. The summed E-state index contributed by atoms with van der Waals surface area (Å²) in [5.74, 6) is 2.62. The van der Waals surface area contributed by atoms with Gasteiger partial charge in [0.1, 0.15) is 5.76 Å². The van der Waals surface area contributed by atoms with Crippen molar-refractivity contribution in [3.8, 4) is 0 Å². The normalized spacial score (nSPS) is 17.4. The Morgan fingerprint density at radius 1 is 1.58 bits per heavy atom. The van der Waals surface area contributed by atoms with Gasteiger partial charge >= 0.3 is 0 Å². The van der Waals surface area contributed by atoms with Crippen molar-refractivity contribution in [1.29, 1.82) is 0 Å². The number of rotatable bonds is 3. The van der Waals surface area contributed by atoms with Crippen molar-refractivity contribution in [2.75, 3.05) is 25.0 Å². The molecule has 1 saturated heterocycles. The molecule has 66 valence electrons. The molecule has 1 aliphatic heterocycles. The first kappa shape index (κ1) is 7.68. The molecule has 1 aromatic rings. The molecule has 0 amide bonds. The van der Waals surface area contributed by atoms with Crippen molar-refractivity contribution in [2.45, 2.75) is 6.92 Å². The highest BCUT2D eigenvalue weighted by Crippen LogP contribution is 2.13. The van der Waals surface area contributed by atoms with Gasteiger partial charge in [-0.15, -0.1) is 0 Å². The highest BCUT2D eigenvalue weighted by molar-refractivity contribution is 5.31. The molecule has 1 fully saturated rings. The maximum absolute atomic E-state index is 5.37. The van der Waals surface area contributed by atoms with Gasteiger partial charge < -0.3 is 15.1 Å². The van der Waals surface area contributed by atoms with E-state index < -0.39 is 0 Å². The van der Waals surface area contributed by atoms with Gasteiger partial charge in [0.25, 0.3) is 0 Å². The number of furan rings is 1. The quantitative estimate of drug-likeness (QED) is 0.709. The van der Waals surface area contributed by atoms with Crippen LogP contribution in [-0.4, -0.2) is 19.6 Å². The first-order chi connectivity index (χ1) is 5.84. The Bertz CT molecular complexity index is 253. The van der Waals surface area contributed by atoms with Crippen molar-refractivity contribution in [3.63, 3.8) is 0 Å². The molecule has 2 N–H and O–H groups in total. The van der Waals surface area contributed by atoms with Crippen molar-refractivity contribution < 1.29 is 4.42 Å². The van der Waals surface area contributed by atoms with E-state index in [1.807, 2.05) is 19.1 Å². The van der Waals surface area contributed by atoms with Gasteiger partial charge in [0.15, 0.2) is 5.88 Å². The molecule has 0 saturated carbocycles. The second-order valence-corrected chi connectivity index (χ2v) is 3.32.